The topological polar surface area (TPSA) is 49.4 Å². The number of hydrogen-bond acceptors (Lipinski definition) is 4. The first-order valence-electron chi connectivity index (χ1n) is 5.94. The van der Waals surface area contributed by atoms with E-state index < -0.39 is 15.7 Å². The van der Waals surface area contributed by atoms with Crippen LogP contribution in [0.5, 0.6) is 0 Å². The molecule has 0 spiro atoms. The SMILES string of the molecule is CS(=O)(=O)c1cc(F)ccc1N1CCCNCC1.Cl. The van der Waals surface area contributed by atoms with Gasteiger partial charge in [0.1, 0.15) is 5.82 Å². The molecule has 2 rings (SSSR count). The number of hydrogen-bond donors (Lipinski definition) is 1. The fraction of sp³-hybridized carbons (Fsp3) is 0.500. The number of nitrogens with zero attached hydrogens (tertiary/aromatic N) is 1. The van der Waals surface area contributed by atoms with Crippen molar-refractivity contribution in [3.8, 4) is 0 Å². The number of benzene rings is 1. The molecule has 7 heteroatoms. The largest absolute Gasteiger partial charge is 0.369 e. The zero-order valence-corrected chi connectivity index (χ0v) is 12.4. The predicted molar refractivity (Wildman–Crippen MR) is 76.5 cm³/mol. The summed E-state index contributed by atoms with van der Waals surface area (Å²) >= 11 is 0. The third kappa shape index (κ3) is 4.06. The molecule has 1 fully saturated rings. The molecule has 0 amide bonds. The van der Waals surface area contributed by atoms with Gasteiger partial charge in [-0.15, -0.1) is 12.4 Å². The molecule has 4 nitrogen and oxygen atoms in total. The average molecular weight is 309 g/mol. The van der Waals surface area contributed by atoms with Gasteiger partial charge in [0.15, 0.2) is 9.84 Å². The maximum Gasteiger partial charge on any atom is 0.177 e. The summed E-state index contributed by atoms with van der Waals surface area (Å²) in [7, 11) is -3.42. The van der Waals surface area contributed by atoms with E-state index >= 15 is 0 Å². The van der Waals surface area contributed by atoms with Gasteiger partial charge >= 0.3 is 0 Å². The molecule has 1 aliphatic heterocycles. The van der Waals surface area contributed by atoms with E-state index in [1.54, 1.807) is 6.07 Å². The normalized spacial score (nSPS) is 16.6. The van der Waals surface area contributed by atoms with E-state index in [0.29, 0.717) is 5.69 Å². The molecule has 0 bridgehead atoms. The van der Waals surface area contributed by atoms with Gasteiger partial charge < -0.3 is 10.2 Å². The van der Waals surface area contributed by atoms with Crippen molar-refractivity contribution in [3.05, 3.63) is 24.0 Å². The third-order valence-corrected chi connectivity index (χ3v) is 4.13. The van der Waals surface area contributed by atoms with Crippen LogP contribution in [0.3, 0.4) is 0 Å². The Labute approximate surface area is 119 Å². The molecule has 1 aromatic carbocycles. The van der Waals surface area contributed by atoms with Crippen LogP contribution in [0.4, 0.5) is 10.1 Å². The lowest BCUT2D eigenvalue weighted by Crippen LogP contribution is -2.29. The summed E-state index contributed by atoms with van der Waals surface area (Å²) in [6.45, 7) is 3.24. The smallest absolute Gasteiger partial charge is 0.177 e. The van der Waals surface area contributed by atoms with Gasteiger partial charge in [-0.05, 0) is 31.2 Å². The van der Waals surface area contributed by atoms with E-state index in [2.05, 4.69) is 5.32 Å². The maximum atomic E-state index is 13.2. The van der Waals surface area contributed by atoms with Crippen molar-refractivity contribution < 1.29 is 12.8 Å². The number of sulfone groups is 1. The lowest BCUT2D eigenvalue weighted by Gasteiger charge is -2.24. The Hall–Kier alpha value is -0.850. The first kappa shape index (κ1) is 16.2. The summed E-state index contributed by atoms with van der Waals surface area (Å²) < 4.78 is 36.7. The number of halogens is 2. The molecule has 0 unspecified atom stereocenters. The van der Waals surface area contributed by atoms with Crippen LogP contribution in [0.1, 0.15) is 6.42 Å². The summed E-state index contributed by atoms with van der Waals surface area (Å²) in [6.07, 6.45) is 2.06. The molecule has 0 aromatic heterocycles. The molecule has 0 aliphatic carbocycles. The minimum Gasteiger partial charge on any atom is -0.369 e. The van der Waals surface area contributed by atoms with Crippen LogP contribution < -0.4 is 10.2 Å². The van der Waals surface area contributed by atoms with Gasteiger partial charge in [0.25, 0.3) is 0 Å². The van der Waals surface area contributed by atoms with E-state index in [1.807, 2.05) is 4.90 Å². The van der Waals surface area contributed by atoms with Crippen LogP contribution in [-0.4, -0.2) is 40.9 Å². The molecule has 1 heterocycles. The third-order valence-electron chi connectivity index (χ3n) is 3.00. The van der Waals surface area contributed by atoms with Crippen molar-refractivity contribution in [2.75, 3.05) is 37.3 Å². The molecule has 0 atom stereocenters. The summed E-state index contributed by atoms with van der Waals surface area (Å²) in [5, 5.41) is 3.25. The van der Waals surface area contributed by atoms with Crippen LogP contribution in [-0.2, 0) is 9.84 Å². The molecule has 0 radical (unpaired) electrons. The predicted octanol–water partition coefficient (Wildman–Crippen LogP) is 1.45. The van der Waals surface area contributed by atoms with Gasteiger partial charge in [0.2, 0.25) is 0 Å². The number of rotatable bonds is 2. The Morgan fingerprint density at radius 3 is 2.68 bits per heavy atom. The Kier molecular flexibility index (Phi) is 5.58. The lowest BCUT2D eigenvalue weighted by atomic mass is 10.2. The van der Waals surface area contributed by atoms with Crippen LogP contribution in [0.15, 0.2) is 23.1 Å². The van der Waals surface area contributed by atoms with Gasteiger partial charge in [0, 0.05) is 25.9 Å². The van der Waals surface area contributed by atoms with Crippen LogP contribution in [0.2, 0.25) is 0 Å². The highest BCUT2D eigenvalue weighted by atomic mass is 35.5. The minimum atomic E-state index is -3.42. The first-order chi connectivity index (χ1) is 8.48. The van der Waals surface area contributed by atoms with Crippen molar-refractivity contribution in [1.82, 2.24) is 5.32 Å². The fourth-order valence-corrected chi connectivity index (χ4v) is 3.04. The Bertz CT molecular complexity index is 529. The molecule has 0 saturated carbocycles. The van der Waals surface area contributed by atoms with Crippen molar-refractivity contribution in [1.29, 1.82) is 0 Å². The Balaban J connectivity index is 0.00000180. The molecular weight excluding hydrogens is 291 g/mol. The minimum absolute atomic E-state index is 0. The Morgan fingerprint density at radius 1 is 1.26 bits per heavy atom. The van der Waals surface area contributed by atoms with E-state index in [-0.39, 0.29) is 17.3 Å². The van der Waals surface area contributed by atoms with Gasteiger partial charge in [0.05, 0.1) is 10.6 Å². The molecular formula is C12H18ClFN2O2S. The second-order valence-electron chi connectivity index (χ2n) is 4.47. The van der Waals surface area contributed by atoms with Crippen molar-refractivity contribution in [2.45, 2.75) is 11.3 Å². The number of anilines is 1. The lowest BCUT2D eigenvalue weighted by molar-refractivity contribution is 0.595. The summed E-state index contributed by atoms with van der Waals surface area (Å²) in [6, 6.07) is 3.96. The van der Waals surface area contributed by atoms with E-state index in [0.717, 1.165) is 44.9 Å². The average Bonchev–Trinajstić information content (AvgIpc) is 2.56. The van der Waals surface area contributed by atoms with Gasteiger partial charge in [-0.1, -0.05) is 0 Å². The van der Waals surface area contributed by atoms with Gasteiger partial charge in [-0.2, -0.15) is 0 Å². The molecule has 1 saturated heterocycles. The van der Waals surface area contributed by atoms with Crippen molar-refractivity contribution in [2.24, 2.45) is 0 Å². The fourth-order valence-electron chi connectivity index (χ4n) is 2.13. The molecule has 1 aromatic rings. The monoisotopic (exact) mass is 308 g/mol. The van der Waals surface area contributed by atoms with Crippen LogP contribution in [0.25, 0.3) is 0 Å². The van der Waals surface area contributed by atoms with E-state index in [4.69, 9.17) is 0 Å². The van der Waals surface area contributed by atoms with Gasteiger partial charge in [-0.3, -0.25) is 0 Å². The zero-order valence-electron chi connectivity index (χ0n) is 10.7. The second kappa shape index (κ2) is 6.54. The molecule has 108 valence electrons. The zero-order chi connectivity index (χ0) is 13.2. The quantitative estimate of drug-likeness (QED) is 0.898. The van der Waals surface area contributed by atoms with E-state index in [1.165, 1.54) is 6.07 Å². The standard InChI is InChI=1S/C12H17FN2O2S.ClH/c1-18(16,17)12-9-10(13)3-4-11(12)15-7-2-5-14-6-8-15;/h3-4,9,14H,2,5-8H2,1H3;1H. The van der Waals surface area contributed by atoms with Crippen molar-refractivity contribution in [3.63, 3.8) is 0 Å². The Morgan fingerprint density at radius 2 is 2.00 bits per heavy atom. The summed E-state index contributed by atoms with van der Waals surface area (Å²) in [5.74, 6) is -0.521. The maximum absolute atomic E-state index is 13.2. The van der Waals surface area contributed by atoms with Crippen molar-refractivity contribution >= 4 is 27.9 Å². The number of nitrogens with one attached hydrogen (secondary N) is 1. The van der Waals surface area contributed by atoms with Crippen LogP contribution in [0, 0.1) is 5.82 Å². The highest BCUT2D eigenvalue weighted by Gasteiger charge is 2.19. The summed E-state index contributed by atoms with van der Waals surface area (Å²) in [5.41, 5.74) is 0.600. The van der Waals surface area contributed by atoms with E-state index in [9.17, 15) is 12.8 Å². The summed E-state index contributed by atoms with van der Waals surface area (Å²) in [4.78, 5) is 2.07. The van der Waals surface area contributed by atoms with Gasteiger partial charge in [-0.25, -0.2) is 12.8 Å². The second-order valence-corrected chi connectivity index (χ2v) is 6.46. The van der Waals surface area contributed by atoms with Crippen LogP contribution >= 0.6 is 12.4 Å². The molecule has 1 aliphatic rings. The first-order valence-corrected chi connectivity index (χ1v) is 7.83. The molecule has 19 heavy (non-hydrogen) atoms. The highest BCUT2D eigenvalue weighted by molar-refractivity contribution is 7.90. The highest BCUT2D eigenvalue weighted by Crippen LogP contribution is 2.26. The molecule has 1 N–H and O–H groups in total.